The molecule has 0 spiro atoms. The third kappa shape index (κ3) is 43.1. The molecule has 0 saturated carbocycles. The van der Waals surface area contributed by atoms with E-state index in [1.807, 2.05) is 6.08 Å². The minimum atomic E-state index is -4.33. The number of phosphoric ester groups is 1. The molecule has 1 unspecified atom stereocenters. The summed E-state index contributed by atoms with van der Waals surface area (Å²) in [5.41, 5.74) is 5.38. The van der Waals surface area contributed by atoms with Crippen molar-refractivity contribution in [3.63, 3.8) is 0 Å². The van der Waals surface area contributed by atoms with Crippen LogP contribution in [-0.4, -0.2) is 47.8 Å². The first-order valence-electron chi connectivity index (χ1n) is 24.8. The number of amides is 1. The molecule has 0 aromatic carbocycles. The molecule has 0 rings (SSSR count). The molecular formula is C48H97N2O6P. The quantitative estimate of drug-likeness (QED) is 0.0273. The number of rotatable bonds is 47. The summed E-state index contributed by atoms with van der Waals surface area (Å²) >= 11 is 0. The van der Waals surface area contributed by atoms with E-state index in [0.717, 1.165) is 38.5 Å². The van der Waals surface area contributed by atoms with Gasteiger partial charge in [-0.1, -0.05) is 244 Å². The number of hydrogen-bond acceptors (Lipinski definition) is 6. The van der Waals surface area contributed by atoms with Crippen molar-refractivity contribution >= 4 is 13.7 Å². The summed E-state index contributed by atoms with van der Waals surface area (Å²) in [5, 5.41) is 13.7. The van der Waals surface area contributed by atoms with Gasteiger partial charge in [0.15, 0.2) is 0 Å². The second-order valence-electron chi connectivity index (χ2n) is 17.0. The Morgan fingerprint density at radius 3 is 1.25 bits per heavy atom. The van der Waals surface area contributed by atoms with Crippen molar-refractivity contribution in [2.24, 2.45) is 5.73 Å². The fourth-order valence-electron chi connectivity index (χ4n) is 7.61. The number of aliphatic hydroxyl groups is 1. The summed E-state index contributed by atoms with van der Waals surface area (Å²) < 4.78 is 22.1. The zero-order valence-electron chi connectivity index (χ0n) is 37.9. The molecule has 0 aliphatic rings. The van der Waals surface area contributed by atoms with Crippen molar-refractivity contribution in [2.75, 3.05) is 19.8 Å². The number of nitrogens with one attached hydrogen (secondary N) is 1. The van der Waals surface area contributed by atoms with E-state index >= 15 is 0 Å². The van der Waals surface area contributed by atoms with Gasteiger partial charge in [-0.2, -0.15) is 0 Å². The largest absolute Gasteiger partial charge is 0.472 e. The summed E-state index contributed by atoms with van der Waals surface area (Å²) in [5.74, 6) is -0.190. The molecule has 340 valence electrons. The van der Waals surface area contributed by atoms with E-state index < -0.39 is 20.0 Å². The molecular weight excluding hydrogens is 732 g/mol. The second kappa shape index (κ2) is 44.8. The van der Waals surface area contributed by atoms with Gasteiger partial charge in [-0.05, 0) is 19.3 Å². The molecule has 0 aromatic heterocycles. The van der Waals surface area contributed by atoms with Gasteiger partial charge in [0.25, 0.3) is 0 Å². The maximum Gasteiger partial charge on any atom is 0.472 e. The summed E-state index contributed by atoms with van der Waals surface area (Å²) in [7, 11) is -4.33. The van der Waals surface area contributed by atoms with Gasteiger partial charge in [-0.25, -0.2) is 4.57 Å². The number of carbonyl (C=O) groups is 1. The molecule has 0 aliphatic heterocycles. The van der Waals surface area contributed by atoms with E-state index in [0.29, 0.717) is 6.42 Å². The molecule has 0 fully saturated rings. The van der Waals surface area contributed by atoms with Crippen molar-refractivity contribution in [1.29, 1.82) is 0 Å². The lowest BCUT2D eigenvalue weighted by molar-refractivity contribution is -0.123. The highest BCUT2D eigenvalue weighted by Gasteiger charge is 2.26. The van der Waals surface area contributed by atoms with Gasteiger partial charge in [-0.3, -0.25) is 13.8 Å². The molecule has 0 aliphatic carbocycles. The Balaban J connectivity index is 3.90. The van der Waals surface area contributed by atoms with Crippen LogP contribution in [0.15, 0.2) is 12.2 Å². The van der Waals surface area contributed by atoms with Gasteiger partial charge in [0, 0.05) is 13.0 Å². The Bertz CT molecular complexity index is 906. The highest BCUT2D eigenvalue weighted by molar-refractivity contribution is 7.47. The first-order chi connectivity index (χ1) is 27.9. The SMILES string of the molecule is CCCCCCCCCCC/C=C/[C@@H](O)[C@H](COP(=O)(O)OCCN)NC(=O)CCCCCCCCCCCCCCCCCCCCCCCCCCCCC. The first-order valence-corrected chi connectivity index (χ1v) is 26.3. The number of allylic oxidation sites excluding steroid dienone is 1. The molecule has 5 N–H and O–H groups in total. The smallest absolute Gasteiger partial charge is 0.387 e. The molecule has 8 nitrogen and oxygen atoms in total. The van der Waals surface area contributed by atoms with Gasteiger partial charge in [0.2, 0.25) is 5.91 Å². The van der Waals surface area contributed by atoms with E-state index in [2.05, 4.69) is 19.2 Å². The molecule has 0 saturated heterocycles. The molecule has 0 aromatic rings. The number of phosphoric acid groups is 1. The summed E-state index contributed by atoms with van der Waals surface area (Å²) in [6.45, 7) is 4.15. The third-order valence-electron chi connectivity index (χ3n) is 11.4. The van der Waals surface area contributed by atoms with Crippen LogP contribution in [0.5, 0.6) is 0 Å². The van der Waals surface area contributed by atoms with Crippen LogP contribution in [0.25, 0.3) is 0 Å². The minimum absolute atomic E-state index is 0.0813. The normalized spacial score (nSPS) is 14.0. The Hall–Kier alpha value is -0.760. The average molecular weight is 829 g/mol. The van der Waals surface area contributed by atoms with Crippen LogP contribution in [0.3, 0.4) is 0 Å². The summed E-state index contributed by atoms with van der Waals surface area (Å²) in [4.78, 5) is 22.7. The van der Waals surface area contributed by atoms with Crippen LogP contribution >= 0.6 is 7.82 Å². The molecule has 9 heteroatoms. The van der Waals surface area contributed by atoms with Gasteiger partial charge < -0.3 is 21.1 Å². The monoisotopic (exact) mass is 829 g/mol. The first kappa shape index (κ1) is 56.2. The molecule has 0 bridgehead atoms. The fourth-order valence-corrected chi connectivity index (χ4v) is 8.36. The Kier molecular flexibility index (Phi) is 44.2. The third-order valence-corrected chi connectivity index (χ3v) is 12.3. The van der Waals surface area contributed by atoms with E-state index in [1.165, 1.54) is 199 Å². The average Bonchev–Trinajstić information content (AvgIpc) is 3.20. The lowest BCUT2D eigenvalue weighted by atomic mass is 10.0. The van der Waals surface area contributed by atoms with Crippen molar-refractivity contribution in [3.05, 3.63) is 12.2 Å². The minimum Gasteiger partial charge on any atom is -0.387 e. The molecule has 3 atom stereocenters. The maximum absolute atomic E-state index is 12.8. The Labute approximate surface area is 354 Å². The Morgan fingerprint density at radius 2 is 0.895 bits per heavy atom. The number of aliphatic hydroxyl groups excluding tert-OH is 1. The number of carbonyl (C=O) groups excluding carboxylic acids is 1. The van der Waals surface area contributed by atoms with Crippen LogP contribution < -0.4 is 11.1 Å². The predicted octanol–water partition coefficient (Wildman–Crippen LogP) is 14.3. The fraction of sp³-hybridized carbons (Fsp3) is 0.938. The molecule has 1 amide bonds. The van der Waals surface area contributed by atoms with Gasteiger partial charge in [-0.15, -0.1) is 0 Å². The predicted molar refractivity (Wildman–Crippen MR) is 245 cm³/mol. The summed E-state index contributed by atoms with van der Waals surface area (Å²) in [6, 6.07) is -0.854. The van der Waals surface area contributed by atoms with Gasteiger partial charge in [0.1, 0.15) is 0 Å². The lowest BCUT2D eigenvalue weighted by Gasteiger charge is -2.23. The zero-order valence-corrected chi connectivity index (χ0v) is 38.7. The number of unbranched alkanes of at least 4 members (excludes halogenated alkanes) is 35. The maximum atomic E-state index is 12.8. The second-order valence-corrected chi connectivity index (χ2v) is 18.5. The van der Waals surface area contributed by atoms with Crippen molar-refractivity contribution in [2.45, 2.75) is 270 Å². The van der Waals surface area contributed by atoms with Crippen LogP contribution in [0.1, 0.15) is 258 Å². The van der Waals surface area contributed by atoms with Gasteiger partial charge >= 0.3 is 7.82 Å². The van der Waals surface area contributed by atoms with Crippen molar-refractivity contribution < 1.29 is 28.4 Å². The molecule has 0 heterocycles. The van der Waals surface area contributed by atoms with E-state index in [1.54, 1.807) is 6.08 Å². The van der Waals surface area contributed by atoms with Crippen LogP contribution in [0.2, 0.25) is 0 Å². The van der Waals surface area contributed by atoms with Crippen LogP contribution in [-0.2, 0) is 18.4 Å². The number of nitrogens with two attached hydrogens (primary N) is 1. The Morgan fingerprint density at radius 1 is 0.561 bits per heavy atom. The standard InChI is InChI=1S/C48H97N2O6P/c1-3-5-7-9-11-13-15-16-17-18-19-20-21-22-23-24-25-26-27-28-29-30-32-34-36-38-40-42-48(52)50-46(45-56-57(53,54)55-44-43-49)47(51)41-39-37-35-33-31-14-12-10-8-6-4-2/h39,41,46-47,51H,3-38,40,42-45,49H2,1-2H3,(H,50,52)(H,53,54)/b41-39+/t46-,47+/m0/s1. The lowest BCUT2D eigenvalue weighted by Crippen LogP contribution is -2.45. The topological polar surface area (TPSA) is 131 Å². The van der Waals surface area contributed by atoms with E-state index in [-0.39, 0.29) is 25.7 Å². The zero-order chi connectivity index (χ0) is 41.8. The molecule has 57 heavy (non-hydrogen) atoms. The van der Waals surface area contributed by atoms with Crippen LogP contribution in [0.4, 0.5) is 0 Å². The van der Waals surface area contributed by atoms with E-state index in [9.17, 15) is 19.4 Å². The summed E-state index contributed by atoms with van der Waals surface area (Å²) in [6.07, 6.45) is 51.5. The van der Waals surface area contributed by atoms with Crippen molar-refractivity contribution in [1.82, 2.24) is 5.32 Å². The highest BCUT2D eigenvalue weighted by atomic mass is 31.2. The van der Waals surface area contributed by atoms with Gasteiger partial charge in [0.05, 0.1) is 25.4 Å². The van der Waals surface area contributed by atoms with E-state index in [4.69, 9.17) is 14.8 Å². The highest BCUT2D eigenvalue weighted by Crippen LogP contribution is 2.43. The number of hydrogen-bond donors (Lipinski definition) is 4. The molecule has 0 radical (unpaired) electrons. The van der Waals surface area contributed by atoms with Crippen molar-refractivity contribution in [3.8, 4) is 0 Å². The van der Waals surface area contributed by atoms with Crippen LogP contribution in [0, 0.1) is 0 Å².